The molecular formula is C13H18N2O5S. The Kier molecular flexibility index (Phi) is 5.03. The molecule has 0 aliphatic carbocycles. The lowest BCUT2D eigenvalue weighted by Gasteiger charge is -2.26. The highest BCUT2D eigenvalue weighted by Crippen LogP contribution is 2.19. The molecule has 0 bridgehead atoms. The van der Waals surface area contributed by atoms with E-state index in [1.807, 2.05) is 0 Å². The van der Waals surface area contributed by atoms with E-state index in [0.717, 1.165) is 19.3 Å². The standard InChI is InChI=1S/C13H18N2O5S/c16-13(17)10-20-12-6-4-11(5-7-12)14-21(18,19)15-8-2-1-3-9-15/h4-7,14H,1-3,8-10H2,(H,16,17). The largest absolute Gasteiger partial charge is 0.482 e. The summed E-state index contributed by atoms with van der Waals surface area (Å²) in [4.78, 5) is 10.4. The number of carboxylic acid groups (broad SMARTS) is 1. The number of nitrogens with one attached hydrogen (secondary N) is 1. The number of aliphatic carboxylic acids is 1. The molecule has 1 heterocycles. The molecule has 21 heavy (non-hydrogen) atoms. The highest BCUT2D eigenvalue weighted by molar-refractivity contribution is 7.90. The first-order valence-corrected chi connectivity index (χ1v) is 8.14. The average Bonchev–Trinajstić information content (AvgIpc) is 2.47. The average molecular weight is 314 g/mol. The number of benzene rings is 1. The maximum Gasteiger partial charge on any atom is 0.341 e. The predicted octanol–water partition coefficient (Wildman–Crippen LogP) is 1.29. The number of ether oxygens (including phenoxy) is 1. The Hall–Kier alpha value is -1.80. The van der Waals surface area contributed by atoms with Crippen LogP contribution in [0.1, 0.15) is 19.3 Å². The van der Waals surface area contributed by atoms with E-state index in [0.29, 0.717) is 24.5 Å². The van der Waals surface area contributed by atoms with Gasteiger partial charge in [0.15, 0.2) is 6.61 Å². The van der Waals surface area contributed by atoms with Crippen molar-refractivity contribution in [2.24, 2.45) is 0 Å². The molecule has 7 nitrogen and oxygen atoms in total. The van der Waals surface area contributed by atoms with Gasteiger partial charge < -0.3 is 9.84 Å². The van der Waals surface area contributed by atoms with Gasteiger partial charge in [0.1, 0.15) is 5.75 Å². The van der Waals surface area contributed by atoms with E-state index in [9.17, 15) is 13.2 Å². The quantitative estimate of drug-likeness (QED) is 0.825. The number of hydrogen-bond donors (Lipinski definition) is 2. The maximum atomic E-state index is 12.2. The van der Waals surface area contributed by atoms with Crippen LogP contribution in [-0.2, 0) is 15.0 Å². The smallest absolute Gasteiger partial charge is 0.341 e. The molecule has 1 aromatic carbocycles. The summed E-state index contributed by atoms with van der Waals surface area (Å²) in [5.41, 5.74) is 0.420. The summed E-state index contributed by atoms with van der Waals surface area (Å²) in [5.74, 6) is -0.691. The Morgan fingerprint density at radius 2 is 1.81 bits per heavy atom. The molecule has 0 radical (unpaired) electrons. The molecule has 1 aromatic rings. The van der Waals surface area contributed by atoms with Crippen LogP contribution < -0.4 is 9.46 Å². The number of anilines is 1. The number of nitrogens with zero attached hydrogens (tertiary/aromatic N) is 1. The first-order chi connectivity index (χ1) is 9.97. The Morgan fingerprint density at radius 3 is 2.38 bits per heavy atom. The van der Waals surface area contributed by atoms with Crippen LogP contribution in [0.25, 0.3) is 0 Å². The second kappa shape index (κ2) is 6.77. The van der Waals surface area contributed by atoms with Crippen LogP contribution in [0.2, 0.25) is 0 Å². The fourth-order valence-corrected chi connectivity index (χ4v) is 3.38. The first kappa shape index (κ1) is 15.6. The summed E-state index contributed by atoms with van der Waals surface area (Å²) < 4.78 is 33.2. The zero-order valence-corrected chi connectivity index (χ0v) is 12.3. The third-order valence-corrected chi connectivity index (χ3v) is 4.66. The van der Waals surface area contributed by atoms with Gasteiger partial charge in [-0.05, 0) is 37.1 Å². The van der Waals surface area contributed by atoms with Crippen LogP contribution in [0.5, 0.6) is 5.75 Å². The zero-order chi connectivity index (χ0) is 15.3. The third kappa shape index (κ3) is 4.61. The van der Waals surface area contributed by atoms with Crippen LogP contribution in [-0.4, -0.2) is 43.5 Å². The molecule has 0 saturated carbocycles. The van der Waals surface area contributed by atoms with Crippen molar-refractivity contribution in [1.82, 2.24) is 4.31 Å². The highest BCUT2D eigenvalue weighted by Gasteiger charge is 2.23. The van der Waals surface area contributed by atoms with Crippen molar-refractivity contribution >= 4 is 21.9 Å². The zero-order valence-electron chi connectivity index (χ0n) is 11.5. The molecule has 2 N–H and O–H groups in total. The van der Waals surface area contributed by atoms with Crippen LogP contribution >= 0.6 is 0 Å². The number of piperidine rings is 1. The highest BCUT2D eigenvalue weighted by atomic mass is 32.2. The van der Waals surface area contributed by atoms with E-state index in [1.54, 1.807) is 12.1 Å². The van der Waals surface area contributed by atoms with E-state index in [1.165, 1.54) is 16.4 Å². The van der Waals surface area contributed by atoms with E-state index >= 15 is 0 Å². The second-order valence-corrected chi connectivity index (χ2v) is 6.44. The van der Waals surface area contributed by atoms with Crippen LogP contribution in [0, 0.1) is 0 Å². The summed E-state index contributed by atoms with van der Waals surface area (Å²) in [7, 11) is -3.53. The number of hydrogen-bond acceptors (Lipinski definition) is 4. The minimum atomic E-state index is -3.53. The molecule has 1 saturated heterocycles. The number of carboxylic acids is 1. The van der Waals surface area contributed by atoms with Gasteiger partial charge in [0.25, 0.3) is 0 Å². The molecule has 116 valence electrons. The van der Waals surface area contributed by atoms with Gasteiger partial charge in [0, 0.05) is 13.1 Å². The summed E-state index contributed by atoms with van der Waals surface area (Å²) in [6.07, 6.45) is 2.81. The van der Waals surface area contributed by atoms with Gasteiger partial charge in [-0.2, -0.15) is 12.7 Å². The summed E-state index contributed by atoms with van der Waals surface area (Å²) in [6.45, 7) is 0.642. The Bertz CT molecular complexity index is 579. The fourth-order valence-electron chi connectivity index (χ4n) is 2.08. The summed E-state index contributed by atoms with van der Waals surface area (Å²) in [6, 6.07) is 6.13. The molecule has 0 spiro atoms. The van der Waals surface area contributed by atoms with Crippen molar-refractivity contribution in [2.75, 3.05) is 24.4 Å². The van der Waals surface area contributed by atoms with Crippen molar-refractivity contribution in [3.05, 3.63) is 24.3 Å². The van der Waals surface area contributed by atoms with E-state index < -0.39 is 22.8 Å². The third-order valence-electron chi connectivity index (χ3n) is 3.12. The molecule has 0 amide bonds. The van der Waals surface area contributed by atoms with Crippen LogP contribution in [0.3, 0.4) is 0 Å². The number of rotatable bonds is 6. The van der Waals surface area contributed by atoms with Gasteiger partial charge in [-0.25, -0.2) is 4.79 Å². The fraction of sp³-hybridized carbons (Fsp3) is 0.462. The molecule has 0 atom stereocenters. The van der Waals surface area contributed by atoms with Gasteiger partial charge in [0.2, 0.25) is 0 Å². The molecule has 2 rings (SSSR count). The Labute approximate surface area is 123 Å². The first-order valence-electron chi connectivity index (χ1n) is 6.70. The normalized spacial score (nSPS) is 16.4. The minimum Gasteiger partial charge on any atom is -0.482 e. The van der Waals surface area contributed by atoms with Crippen molar-refractivity contribution in [3.8, 4) is 5.75 Å². The van der Waals surface area contributed by atoms with Gasteiger partial charge in [-0.15, -0.1) is 0 Å². The van der Waals surface area contributed by atoms with Gasteiger partial charge in [0.05, 0.1) is 5.69 Å². The van der Waals surface area contributed by atoms with Gasteiger partial charge in [-0.3, -0.25) is 4.72 Å². The molecule has 0 aromatic heterocycles. The molecule has 0 unspecified atom stereocenters. The lowest BCUT2D eigenvalue weighted by Crippen LogP contribution is -2.39. The number of carbonyl (C=O) groups is 1. The van der Waals surface area contributed by atoms with Crippen LogP contribution in [0.15, 0.2) is 24.3 Å². The molecule has 8 heteroatoms. The van der Waals surface area contributed by atoms with Crippen molar-refractivity contribution in [1.29, 1.82) is 0 Å². The van der Waals surface area contributed by atoms with Gasteiger partial charge >= 0.3 is 16.2 Å². The predicted molar refractivity (Wildman–Crippen MR) is 77.5 cm³/mol. The lowest BCUT2D eigenvalue weighted by molar-refractivity contribution is -0.139. The summed E-state index contributed by atoms with van der Waals surface area (Å²) >= 11 is 0. The second-order valence-electron chi connectivity index (χ2n) is 4.77. The van der Waals surface area contributed by atoms with Crippen molar-refractivity contribution in [2.45, 2.75) is 19.3 Å². The lowest BCUT2D eigenvalue weighted by atomic mass is 10.2. The summed E-state index contributed by atoms with van der Waals surface area (Å²) in [5, 5.41) is 8.50. The topological polar surface area (TPSA) is 95.9 Å². The van der Waals surface area contributed by atoms with Crippen molar-refractivity contribution < 1.29 is 23.1 Å². The van der Waals surface area contributed by atoms with Crippen molar-refractivity contribution in [3.63, 3.8) is 0 Å². The van der Waals surface area contributed by atoms with Gasteiger partial charge in [-0.1, -0.05) is 6.42 Å². The maximum absolute atomic E-state index is 12.2. The Balaban J connectivity index is 1.97. The van der Waals surface area contributed by atoms with E-state index in [-0.39, 0.29) is 0 Å². The van der Waals surface area contributed by atoms with E-state index in [4.69, 9.17) is 9.84 Å². The SMILES string of the molecule is O=C(O)COc1ccc(NS(=O)(=O)N2CCCCC2)cc1. The van der Waals surface area contributed by atoms with E-state index in [2.05, 4.69) is 4.72 Å². The molecule has 1 aliphatic rings. The molecular weight excluding hydrogens is 296 g/mol. The minimum absolute atomic E-state index is 0.373. The molecule has 1 aliphatic heterocycles. The monoisotopic (exact) mass is 314 g/mol. The Morgan fingerprint density at radius 1 is 1.19 bits per heavy atom. The molecule has 1 fully saturated rings. The van der Waals surface area contributed by atoms with Crippen LogP contribution in [0.4, 0.5) is 5.69 Å².